The highest BCUT2D eigenvalue weighted by molar-refractivity contribution is 7.16. The number of nitrogens with zero attached hydrogens (tertiary/aromatic N) is 2. The van der Waals surface area contributed by atoms with Gasteiger partial charge in [-0.25, -0.2) is 4.79 Å². The van der Waals surface area contributed by atoms with Gasteiger partial charge in [0.2, 0.25) is 0 Å². The Labute approximate surface area is 146 Å². The number of rotatable bonds is 2. The third-order valence-electron chi connectivity index (χ3n) is 3.97. The molecule has 124 valence electrons. The molecule has 0 atom stereocenters. The number of carbonyl (C=O) groups is 1. The summed E-state index contributed by atoms with van der Waals surface area (Å²) in [6, 6.07) is 16.5. The van der Waals surface area contributed by atoms with E-state index < -0.39 is 11.5 Å². The van der Waals surface area contributed by atoms with Gasteiger partial charge in [-0.1, -0.05) is 41.7 Å². The molecule has 0 aliphatic heterocycles. The van der Waals surface area contributed by atoms with E-state index in [-0.39, 0.29) is 5.56 Å². The van der Waals surface area contributed by atoms with Crippen LogP contribution in [0.1, 0.15) is 17.3 Å². The van der Waals surface area contributed by atoms with Gasteiger partial charge in [0, 0.05) is 11.9 Å². The number of amides is 1. The summed E-state index contributed by atoms with van der Waals surface area (Å²) < 4.78 is 8.23. The van der Waals surface area contributed by atoms with Gasteiger partial charge in [0.1, 0.15) is 11.1 Å². The normalized spacial score (nSPS) is 12.1. The van der Waals surface area contributed by atoms with Crippen LogP contribution in [0.25, 0.3) is 21.2 Å². The van der Waals surface area contributed by atoms with Gasteiger partial charge in [0.25, 0.3) is 5.91 Å². The van der Waals surface area contributed by atoms with Crippen LogP contribution in [0.2, 0.25) is 0 Å². The van der Waals surface area contributed by atoms with E-state index in [1.54, 1.807) is 18.2 Å². The standard InChI is InChI=1S/C19H14N2O3S/c1-2-21-14-8-4-6-10-16(14)25-19(21)20-17(22)13-11-12-7-3-5-9-15(12)24-18(13)23/h3-11H,2H2,1H3. The molecular weight excluding hydrogens is 336 g/mol. The van der Waals surface area contributed by atoms with E-state index in [2.05, 4.69) is 4.99 Å². The quantitative estimate of drug-likeness (QED) is 0.519. The topological polar surface area (TPSA) is 64.6 Å². The van der Waals surface area contributed by atoms with Gasteiger partial charge < -0.3 is 8.98 Å². The Morgan fingerprint density at radius 3 is 2.76 bits per heavy atom. The monoisotopic (exact) mass is 350 g/mol. The number of fused-ring (bicyclic) bond motifs is 2. The number of aromatic nitrogens is 1. The van der Waals surface area contributed by atoms with Crippen molar-refractivity contribution in [2.75, 3.05) is 0 Å². The Bertz CT molecular complexity index is 1230. The lowest BCUT2D eigenvalue weighted by Gasteiger charge is -2.00. The van der Waals surface area contributed by atoms with E-state index in [1.165, 1.54) is 17.4 Å². The van der Waals surface area contributed by atoms with E-state index in [9.17, 15) is 9.59 Å². The van der Waals surface area contributed by atoms with Crippen molar-refractivity contribution in [1.82, 2.24) is 4.57 Å². The van der Waals surface area contributed by atoms with Crippen LogP contribution in [0.3, 0.4) is 0 Å². The zero-order chi connectivity index (χ0) is 17.4. The summed E-state index contributed by atoms with van der Waals surface area (Å²) in [6.07, 6.45) is 0. The van der Waals surface area contributed by atoms with Crippen molar-refractivity contribution in [3.8, 4) is 0 Å². The average Bonchev–Trinajstić information content (AvgIpc) is 2.97. The van der Waals surface area contributed by atoms with Crippen molar-refractivity contribution in [2.24, 2.45) is 4.99 Å². The zero-order valence-corrected chi connectivity index (χ0v) is 14.2. The number of carbonyl (C=O) groups excluding carboxylic acids is 1. The second-order valence-electron chi connectivity index (χ2n) is 5.50. The lowest BCUT2D eigenvalue weighted by Crippen LogP contribution is -2.19. The van der Waals surface area contributed by atoms with E-state index >= 15 is 0 Å². The summed E-state index contributed by atoms with van der Waals surface area (Å²) in [4.78, 5) is 29.5. The number of hydrogen-bond donors (Lipinski definition) is 0. The molecule has 0 N–H and O–H groups in total. The summed E-state index contributed by atoms with van der Waals surface area (Å²) in [5, 5.41) is 0.695. The fourth-order valence-electron chi connectivity index (χ4n) is 2.77. The van der Waals surface area contributed by atoms with Crippen LogP contribution in [-0.2, 0) is 6.54 Å². The molecule has 2 aromatic heterocycles. The van der Waals surface area contributed by atoms with Crippen LogP contribution in [-0.4, -0.2) is 10.5 Å². The summed E-state index contributed by atoms with van der Waals surface area (Å²) in [5.41, 5.74) is 0.747. The first-order valence-electron chi connectivity index (χ1n) is 7.87. The van der Waals surface area contributed by atoms with Crippen LogP contribution in [0, 0.1) is 0 Å². The molecule has 4 aromatic rings. The van der Waals surface area contributed by atoms with Gasteiger partial charge in [-0.15, -0.1) is 0 Å². The molecule has 0 radical (unpaired) electrons. The van der Waals surface area contributed by atoms with Crippen LogP contribution in [0.15, 0.2) is 68.8 Å². The molecule has 0 spiro atoms. The minimum atomic E-state index is -0.670. The molecule has 0 aliphatic rings. The predicted molar refractivity (Wildman–Crippen MR) is 97.9 cm³/mol. The molecule has 0 bridgehead atoms. The highest BCUT2D eigenvalue weighted by Gasteiger charge is 2.14. The van der Waals surface area contributed by atoms with Gasteiger partial charge in [-0.3, -0.25) is 4.79 Å². The molecule has 5 nitrogen and oxygen atoms in total. The molecule has 0 fully saturated rings. The Balaban J connectivity index is 1.89. The summed E-state index contributed by atoms with van der Waals surface area (Å²) >= 11 is 1.42. The Hall–Kier alpha value is -2.99. The fourth-order valence-corrected chi connectivity index (χ4v) is 3.86. The highest BCUT2D eigenvalue weighted by atomic mass is 32.1. The predicted octanol–water partition coefficient (Wildman–Crippen LogP) is 3.57. The van der Waals surface area contributed by atoms with Crippen molar-refractivity contribution in [2.45, 2.75) is 13.5 Å². The fraction of sp³-hybridized carbons (Fsp3) is 0.105. The van der Waals surface area contributed by atoms with Gasteiger partial charge in [-0.05, 0) is 31.2 Å². The molecule has 0 aliphatic carbocycles. The number of para-hydroxylation sites is 2. The lowest BCUT2D eigenvalue weighted by molar-refractivity contribution is 0.0994. The highest BCUT2D eigenvalue weighted by Crippen LogP contribution is 2.17. The number of thiazole rings is 1. The SMILES string of the molecule is CCn1c(=NC(=O)c2cc3ccccc3oc2=O)sc2ccccc21. The minimum absolute atomic E-state index is 0.0567. The average molecular weight is 350 g/mol. The van der Waals surface area contributed by atoms with Crippen molar-refractivity contribution >= 4 is 38.4 Å². The maximum absolute atomic E-state index is 12.6. The maximum Gasteiger partial charge on any atom is 0.349 e. The molecule has 0 saturated heterocycles. The van der Waals surface area contributed by atoms with Crippen LogP contribution >= 0.6 is 11.3 Å². The molecule has 1 amide bonds. The van der Waals surface area contributed by atoms with Gasteiger partial charge >= 0.3 is 5.63 Å². The lowest BCUT2D eigenvalue weighted by atomic mass is 10.2. The van der Waals surface area contributed by atoms with Crippen molar-refractivity contribution in [3.63, 3.8) is 0 Å². The second-order valence-corrected chi connectivity index (χ2v) is 6.51. The van der Waals surface area contributed by atoms with Crippen molar-refractivity contribution in [1.29, 1.82) is 0 Å². The van der Waals surface area contributed by atoms with Crippen molar-refractivity contribution in [3.05, 3.63) is 75.4 Å². The summed E-state index contributed by atoms with van der Waals surface area (Å²) in [5.74, 6) is -0.590. The molecule has 25 heavy (non-hydrogen) atoms. The molecule has 6 heteroatoms. The zero-order valence-electron chi connectivity index (χ0n) is 13.4. The third kappa shape index (κ3) is 2.70. The van der Waals surface area contributed by atoms with Crippen molar-refractivity contribution < 1.29 is 9.21 Å². The van der Waals surface area contributed by atoms with Crippen LogP contribution in [0.5, 0.6) is 0 Å². The number of benzene rings is 2. The second kappa shape index (κ2) is 6.14. The maximum atomic E-state index is 12.6. The molecule has 4 rings (SSSR count). The van der Waals surface area contributed by atoms with Crippen LogP contribution < -0.4 is 10.4 Å². The Morgan fingerprint density at radius 1 is 1.16 bits per heavy atom. The molecule has 0 unspecified atom stereocenters. The van der Waals surface area contributed by atoms with Gasteiger partial charge in [0.05, 0.1) is 10.2 Å². The van der Waals surface area contributed by atoms with E-state index in [0.717, 1.165) is 10.2 Å². The molecule has 2 heterocycles. The van der Waals surface area contributed by atoms with E-state index in [1.807, 2.05) is 41.8 Å². The Morgan fingerprint density at radius 2 is 1.92 bits per heavy atom. The minimum Gasteiger partial charge on any atom is -0.422 e. The smallest absolute Gasteiger partial charge is 0.349 e. The number of aryl methyl sites for hydroxylation is 1. The molecule has 0 saturated carbocycles. The largest absolute Gasteiger partial charge is 0.422 e. The first-order chi connectivity index (χ1) is 12.2. The van der Waals surface area contributed by atoms with E-state index in [0.29, 0.717) is 22.3 Å². The Kier molecular flexibility index (Phi) is 3.82. The van der Waals surface area contributed by atoms with E-state index in [4.69, 9.17) is 4.42 Å². The van der Waals surface area contributed by atoms with Crippen LogP contribution in [0.4, 0.5) is 0 Å². The molecule has 2 aromatic carbocycles. The third-order valence-corrected chi connectivity index (χ3v) is 5.03. The summed E-state index contributed by atoms with van der Waals surface area (Å²) in [6.45, 7) is 2.68. The number of hydrogen-bond acceptors (Lipinski definition) is 4. The first-order valence-corrected chi connectivity index (χ1v) is 8.69. The molecular formula is C19H14N2O3S. The van der Waals surface area contributed by atoms with Gasteiger partial charge in [-0.2, -0.15) is 4.99 Å². The first kappa shape index (κ1) is 15.5. The summed E-state index contributed by atoms with van der Waals surface area (Å²) in [7, 11) is 0. The van der Waals surface area contributed by atoms with Gasteiger partial charge in [0.15, 0.2) is 4.80 Å².